The second-order valence-corrected chi connectivity index (χ2v) is 4.78. The molecule has 0 atom stereocenters. The highest BCUT2D eigenvalue weighted by molar-refractivity contribution is 7.17. The minimum absolute atomic E-state index is 0.0345. The Morgan fingerprint density at radius 3 is 2.95 bits per heavy atom. The van der Waals surface area contributed by atoms with Gasteiger partial charge in [0.05, 0.1) is 5.52 Å². The van der Waals surface area contributed by atoms with Crippen LogP contribution in [-0.2, 0) is 0 Å². The number of fused-ring (bicyclic) bond motifs is 1. The van der Waals surface area contributed by atoms with Crippen molar-refractivity contribution in [1.29, 1.82) is 0 Å². The highest BCUT2D eigenvalue weighted by Gasteiger charge is 2.15. The van der Waals surface area contributed by atoms with E-state index in [1.807, 2.05) is 5.38 Å². The molecule has 2 aromatic heterocycles. The Kier molecular flexibility index (Phi) is 3.03. The highest BCUT2D eigenvalue weighted by Crippen LogP contribution is 2.32. The number of carbonyl (C=O) groups is 1. The SMILES string of the molecule is O=C(O)c1cc(F)ccc1Oc1ncnc2ccsc12. The number of hydrogen-bond donors (Lipinski definition) is 1. The monoisotopic (exact) mass is 290 g/mol. The van der Waals surface area contributed by atoms with Crippen LogP contribution in [0.5, 0.6) is 11.6 Å². The van der Waals surface area contributed by atoms with Gasteiger partial charge in [-0.15, -0.1) is 11.3 Å². The number of carboxylic acids is 1. The summed E-state index contributed by atoms with van der Waals surface area (Å²) in [6.45, 7) is 0. The molecule has 0 aliphatic carbocycles. The lowest BCUT2D eigenvalue weighted by atomic mass is 10.2. The Hall–Kier alpha value is -2.54. The number of hydrogen-bond acceptors (Lipinski definition) is 5. The van der Waals surface area contributed by atoms with E-state index < -0.39 is 11.8 Å². The largest absolute Gasteiger partial charge is 0.478 e. The number of halogens is 1. The first-order valence-corrected chi connectivity index (χ1v) is 6.42. The van der Waals surface area contributed by atoms with Crippen molar-refractivity contribution in [2.75, 3.05) is 0 Å². The highest BCUT2D eigenvalue weighted by atomic mass is 32.1. The summed E-state index contributed by atoms with van der Waals surface area (Å²) in [5.41, 5.74) is 0.451. The quantitative estimate of drug-likeness (QED) is 0.801. The van der Waals surface area contributed by atoms with Crippen molar-refractivity contribution in [3.63, 3.8) is 0 Å². The fourth-order valence-corrected chi connectivity index (χ4v) is 2.47. The third kappa shape index (κ3) is 2.19. The van der Waals surface area contributed by atoms with E-state index in [2.05, 4.69) is 9.97 Å². The zero-order valence-electron chi connectivity index (χ0n) is 9.91. The van der Waals surface area contributed by atoms with Crippen LogP contribution in [0.15, 0.2) is 36.0 Å². The van der Waals surface area contributed by atoms with Crippen molar-refractivity contribution < 1.29 is 19.0 Å². The van der Waals surface area contributed by atoms with Crippen molar-refractivity contribution in [2.24, 2.45) is 0 Å². The molecular weight excluding hydrogens is 283 g/mol. The Balaban J connectivity index is 2.07. The molecule has 100 valence electrons. The molecule has 3 rings (SSSR count). The van der Waals surface area contributed by atoms with Gasteiger partial charge in [-0.3, -0.25) is 0 Å². The normalized spacial score (nSPS) is 10.7. The fourth-order valence-electron chi connectivity index (χ4n) is 1.70. The average Bonchev–Trinajstić information content (AvgIpc) is 2.90. The predicted octanol–water partition coefficient (Wildman–Crippen LogP) is 3.32. The molecule has 0 radical (unpaired) electrons. The number of thiophene rings is 1. The van der Waals surface area contributed by atoms with E-state index >= 15 is 0 Å². The maximum atomic E-state index is 13.1. The van der Waals surface area contributed by atoms with Crippen LogP contribution in [0.4, 0.5) is 4.39 Å². The van der Waals surface area contributed by atoms with Crippen molar-refractivity contribution in [2.45, 2.75) is 0 Å². The second kappa shape index (κ2) is 4.86. The van der Waals surface area contributed by atoms with Gasteiger partial charge in [0.2, 0.25) is 5.88 Å². The van der Waals surface area contributed by atoms with Crippen molar-refractivity contribution in [1.82, 2.24) is 9.97 Å². The molecule has 0 fully saturated rings. The van der Waals surface area contributed by atoms with Crippen molar-refractivity contribution >= 4 is 27.5 Å². The molecule has 1 N–H and O–H groups in total. The number of aromatic carboxylic acids is 1. The van der Waals surface area contributed by atoms with E-state index in [9.17, 15) is 9.18 Å². The summed E-state index contributed by atoms with van der Waals surface area (Å²) in [4.78, 5) is 19.1. The molecule has 0 aliphatic rings. The van der Waals surface area contributed by atoms with Gasteiger partial charge in [0.15, 0.2) is 0 Å². The fraction of sp³-hybridized carbons (Fsp3) is 0. The molecule has 0 unspecified atom stereocenters. The van der Waals surface area contributed by atoms with Crippen LogP contribution in [0.25, 0.3) is 10.2 Å². The van der Waals surface area contributed by atoms with Crippen LogP contribution < -0.4 is 4.74 Å². The van der Waals surface area contributed by atoms with E-state index in [0.29, 0.717) is 10.2 Å². The predicted molar refractivity (Wildman–Crippen MR) is 70.8 cm³/mol. The summed E-state index contributed by atoms with van der Waals surface area (Å²) in [7, 11) is 0. The Labute approximate surface area is 116 Å². The molecule has 3 aromatic rings. The molecule has 20 heavy (non-hydrogen) atoms. The van der Waals surface area contributed by atoms with Gasteiger partial charge < -0.3 is 9.84 Å². The first kappa shape index (κ1) is 12.5. The lowest BCUT2D eigenvalue weighted by Crippen LogP contribution is -2.01. The van der Waals surface area contributed by atoms with Crippen LogP contribution in [0.2, 0.25) is 0 Å². The third-order valence-corrected chi connectivity index (χ3v) is 3.48. The van der Waals surface area contributed by atoms with Crippen LogP contribution in [0.1, 0.15) is 10.4 Å². The summed E-state index contributed by atoms with van der Waals surface area (Å²) in [6, 6.07) is 5.11. The number of carboxylic acid groups (broad SMARTS) is 1. The summed E-state index contributed by atoms with van der Waals surface area (Å²) >= 11 is 1.38. The molecule has 0 amide bonds. The lowest BCUT2D eigenvalue weighted by molar-refractivity contribution is 0.0693. The molecule has 0 saturated carbocycles. The molecule has 2 heterocycles. The molecule has 0 spiro atoms. The lowest BCUT2D eigenvalue weighted by Gasteiger charge is -2.08. The zero-order valence-corrected chi connectivity index (χ0v) is 10.7. The van der Waals surface area contributed by atoms with E-state index in [4.69, 9.17) is 9.84 Å². The Morgan fingerprint density at radius 2 is 2.15 bits per heavy atom. The van der Waals surface area contributed by atoms with Crippen molar-refractivity contribution in [3.05, 3.63) is 47.4 Å². The molecule has 0 bridgehead atoms. The zero-order chi connectivity index (χ0) is 14.1. The first-order valence-electron chi connectivity index (χ1n) is 5.54. The number of benzene rings is 1. The summed E-state index contributed by atoms with van der Waals surface area (Å²) in [5.74, 6) is -1.62. The summed E-state index contributed by atoms with van der Waals surface area (Å²) in [6.07, 6.45) is 1.33. The summed E-state index contributed by atoms with van der Waals surface area (Å²) < 4.78 is 19.3. The van der Waals surface area contributed by atoms with Gasteiger partial charge in [0.1, 0.15) is 28.2 Å². The molecule has 5 nitrogen and oxygen atoms in total. The molecule has 1 aromatic carbocycles. The van der Waals surface area contributed by atoms with Gasteiger partial charge in [-0.2, -0.15) is 0 Å². The van der Waals surface area contributed by atoms with Crippen LogP contribution in [0.3, 0.4) is 0 Å². The van der Waals surface area contributed by atoms with E-state index in [-0.39, 0.29) is 17.2 Å². The van der Waals surface area contributed by atoms with Crippen molar-refractivity contribution in [3.8, 4) is 11.6 Å². The first-order chi connectivity index (χ1) is 9.65. The molecular formula is C13H7FN2O3S. The van der Waals surface area contributed by atoms with Gasteiger partial charge in [-0.1, -0.05) is 0 Å². The van der Waals surface area contributed by atoms with Gasteiger partial charge >= 0.3 is 5.97 Å². The minimum atomic E-state index is -1.27. The van der Waals surface area contributed by atoms with Gasteiger partial charge in [0.25, 0.3) is 0 Å². The molecule has 0 saturated heterocycles. The third-order valence-electron chi connectivity index (χ3n) is 2.59. The van der Waals surface area contributed by atoms with Gasteiger partial charge in [-0.25, -0.2) is 19.2 Å². The van der Waals surface area contributed by atoms with E-state index in [1.165, 1.54) is 23.7 Å². The maximum Gasteiger partial charge on any atom is 0.339 e. The standard InChI is InChI=1S/C13H7FN2O3S/c14-7-1-2-10(8(5-7)13(17)18)19-12-11-9(3-4-20-11)15-6-16-12/h1-6H,(H,17,18). The van der Waals surface area contributed by atoms with Crippen LogP contribution in [0, 0.1) is 5.82 Å². The number of nitrogens with zero attached hydrogens (tertiary/aromatic N) is 2. The average molecular weight is 290 g/mol. The number of rotatable bonds is 3. The molecule has 0 aliphatic heterocycles. The summed E-state index contributed by atoms with van der Waals surface area (Å²) in [5, 5.41) is 10.9. The van der Waals surface area contributed by atoms with E-state index in [0.717, 1.165) is 12.1 Å². The Morgan fingerprint density at radius 1 is 1.30 bits per heavy atom. The smallest absolute Gasteiger partial charge is 0.339 e. The minimum Gasteiger partial charge on any atom is -0.478 e. The van der Waals surface area contributed by atoms with E-state index in [1.54, 1.807) is 6.07 Å². The second-order valence-electron chi connectivity index (χ2n) is 3.86. The van der Waals surface area contributed by atoms with Crippen LogP contribution in [-0.4, -0.2) is 21.0 Å². The number of ether oxygens (including phenoxy) is 1. The van der Waals surface area contributed by atoms with Crippen LogP contribution >= 0.6 is 11.3 Å². The topological polar surface area (TPSA) is 72.3 Å². The van der Waals surface area contributed by atoms with Gasteiger partial charge in [-0.05, 0) is 29.6 Å². The Bertz CT molecular complexity index is 803. The number of aromatic nitrogens is 2. The van der Waals surface area contributed by atoms with Gasteiger partial charge in [0, 0.05) is 0 Å². The maximum absolute atomic E-state index is 13.1. The molecule has 7 heteroatoms.